The maximum Gasteiger partial charge on any atom is 0.00338 e. The molecule has 0 radical (unpaired) electrons. The van der Waals surface area contributed by atoms with Crippen LogP contribution in [0.4, 0.5) is 0 Å². The highest BCUT2D eigenvalue weighted by molar-refractivity contribution is 9.09. The highest BCUT2D eigenvalue weighted by Crippen LogP contribution is 2.15. The molecule has 0 aromatic carbocycles. The minimum absolute atomic E-state index is 0.921. The first kappa shape index (κ1) is 15.5. The van der Waals surface area contributed by atoms with Crippen molar-refractivity contribution in [2.24, 2.45) is 5.92 Å². The van der Waals surface area contributed by atoms with Crippen LogP contribution in [0.3, 0.4) is 0 Å². The number of unbranched alkanes of at least 4 members (excludes halogenated alkanes) is 7. The van der Waals surface area contributed by atoms with Gasteiger partial charge in [-0.05, 0) is 12.3 Å². The van der Waals surface area contributed by atoms with Crippen LogP contribution >= 0.6 is 15.9 Å². The second kappa shape index (κ2) is 12.5. The van der Waals surface area contributed by atoms with Gasteiger partial charge in [0.25, 0.3) is 0 Å². The third kappa shape index (κ3) is 12.4. The van der Waals surface area contributed by atoms with Gasteiger partial charge in [-0.3, -0.25) is 0 Å². The highest BCUT2D eigenvalue weighted by Gasteiger charge is 2.00. The van der Waals surface area contributed by atoms with Crippen molar-refractivity contribution in [2.75, 3.05) is 5.33 Å². The summed E-state index contributed by atoms with van der Waals surface area (Å²) in [6.07, 6.45) is 14.3. The molecule has 15 heavy (non-hydrogen) atoms. The molecule has 0 nitrogen and oxygen atoms in total. The molecule has 0 amide bonds. The van der Waals surface area contributed by atoms with Gasteiger partial charge in [0, 0.05) is 5.33 Å². The molecule has 0 aliphatic heterocycles. The Bertz CT molecular complexity index is 112. The van der Waals surface area contributed by atoms with Gasteiger partial charge in [0.1, 0.15) is 0 Å². The first-order valence-electron chi connectivity index (χ1n) is 6.87. The molecule has 0 spiro atoms. The molecule has 0 heterocycles. The molecule has 0 N–H and O–H groups in total. The summed E-state index contributed by atoms with van der Waals surface area (Å²) in [5.74, 6) is 0.921. The number of rotatable bonds is 11. The lowest BCUT2D eigenvalue weighted by Gasteiger charge is -2.08. The van der Waals surface area contributed by atoms with E-state index in [1.807, 2.05) is 0 Å². The lowest BCUT2D eigenvalue weighted by Crippen LogP contribution is -1.95. The van der Waals surface area contributed by atoms with Gasteiger partial charge in [0.05, 0.1) is 0 Å². The summed E-state index contributed by atoms with van der Waals surface area (Å²) in [4.78, 5) is 0. The summed E-state index contributed by atoms with van der Waals surface area (Å²) in [6.45, 7) is 4.66. The van der Waals surface area contributed by atoms with Crippen LogP contribution in [0.5, 0.6) is 0 Å². The number of hydrogen-bond acceptors (Lipinski definition) is 0. The molecule has 0 aromatic heterocycles. The van der Waals surface area contributed by atoms with E-state index >= 15 is 0 Å². The van der Waals surface area contributed by atoms with E-state index in [0.29, 0.717) is 0 Å². The largest absolute Gasteiger partial charge is 0.0928 e. The predicted molar refractivity (Wildman–Crippen MR) is 74.8 cm³/mol. The Morgan fingerprint density at radius 2 is 1.33 bits per heavy atom. The standard InChI is InChI=1S/C14H29Br/c1-3-4-5-6-7-8-9-10-11-14(2)12-13-15/h14H,3-13H2,1-2H3/t14-/m1/s1. The van der Waals surface area contributed by atoms with E-state index in [1.165, 1.54) is 69.5 Å². The quantitative estimate of drug-likeness (QED) is 0.324. The SMILES string of the molecule is CCCCCCCCCC[C@@H](C)CCBr. The fraction of sp³-hybridized carbons (Fsp3) is 1.00. The van der Waals surface area contributed by atoms with Crippen molar-refractivity contribution in [2.45, 2.75) is 78.1 Å². The van der Waals surface area contributed by atoms with Gasteiger partial charge in [-0.2, -0.15) is 0 Å². The normalized spacial score (nSPS) is 13.0. The van der Waals surface area contributed by atoms with Crippen molar-refractivity contribution in [1.82, 2.24) is 0 Å². The van der Waals surface area contributed by atoms with Crippen molar-refractivity contribution >= 4 is 15.9 Å². The smallest absolute Gasteiger partial charge is 0.00338 e. The molecule has 0 aliphatic carbocycles. The van der Waals surface area contributed by atoms with Crippen molar-refractivity contribution in [1.29, 1.82) is 0 Å². The molecule has 92 valence electrons. The minimum atomic E-state index is 0.921. The summed E-state index contributed by atoms with van der Waals surface area (Å²) in [7, 11) is 0. The van der Waals surface area contributed by atoms with Crippen molar-refractivity contribution in [3.8, 4) is 0 Å². The summed E-state index contributed by atoms with van der Waals surface area (Å²) < 4.78 is 0. The molecule has 0 bridgehead atoms. The van der Waals surface area contributed by atoms with Gasteiger partial charge in [0.2, 0.25) is 0 Å². The van der Waals surface area contributed by atoms with E-state index in [1.54, 1.807) is 0 Å². The Morgan fingerprint density at radius 1 is 0.800 bits per heavy atom. The van der Waals surface area contributed by atoms with Crippen molar-refractivity contribution in [3.63, 3.8) is 0 Å². The van der Waals surface area contributed by atoms with Crippen LogP contribution in [0.25, 0.3) is 0 Å². The maximum absolute atomic E-state index is 3.51. The van der Waals surface area contributed by atoms with Gasteiger partial charge in [-0.25, -0.2) is 0 Å². The first-order valence-corrected chi connectivity index (χ1v) is 7.99. The van der Waals surface area contributed by atoms with Crippen molar-refractivity contribution in [3.05, 3.63) is 0 Å². The third-order valence-corrected chi connectivity index (χ3v) is 3.61. The molecular weight excluding hydrogens is 248 g/mol. The lowest BCUT2D eigenvalue weighted by molar-refractivity contribution is 0.473. The Labute approximate surface area is 105 Å². The molecule has 0 saturated heterocycles. The van der Waals surface area contributed by atoms with E-state index in [4.69, 9.17) is 0 Å². The second-order valence-corrected chi connectivity index (χ2v) is 5.64. The monoisotopic (exact) mass is 276 g/mol. The lowest BCUT2D eigenvalue weighted by atomic mass is 10.00. The van der Waals surface area contributed by atoms with Crippen LogP contribution in [0.1, 0.15) is 78.1 Å². The number of hydrogen-bond donors (Lipinski definition) is 0. The van der Waals surface area contributed by atoms with Crippen LogP contribution < -0.4 is 0 Å². The van der Waals surface area contributed by atoms with Crippen LogP contribution in [0.2, 0.25) is 0 Å². The summed E-state index contributed by atoms with van der Waals surface area (Å²) in [6, 6.07) is 0. The second-order valence-electron chi connectivity index (χ2n) is 4.85. The van der Waals surface area contributed by atoms with Crippen LogP contribution in [0, 0.1) is 5.92 Å². The molecular formula is C14H29Br. The van der Waals surface area contributed by atoms with E-state index in [0.717, 1.165) is 5.92 Å². The minimum Gasteiger partial charge on any atom is -0.0928 e. The Morgan fingerprint density at radius 3 is 1.87 bits per heavy atom. The molecule has 0 rings (SSSR count). The number of alkyl halides is 1. The molecule has 0 aliphatic rings. The van der Waals surface area contributed by atoms with E-state index < -0.39 is 0 Å². The Kier molecular flexibility index (Phi) is 13.0. The topological polar surface area (TPSA) is 0 Å². The van der Waals surface area contributed by atoms with Crippen LogP contribution in [-0.2, 0) is 0 Å². The molecule has 0 unspecified atom stereocenters. The summed E-state index contributed by atoms with van der Waals surface area (Å²) >= 11 is 3.51. The highest BCUT2D eigenvalue weighted by atomic mass is 79.9. The van der Waals surface area contributed by atoms with Gasteiger partial charge < -0.3 is 0 Å². The maximum atomic E-state index is 3.51. The predicted octanol–water partition coefficient (Wildman–Crippen LogP) is 5.94. The zero-order chi connectivity index (χ0) is 11.4. The Hall–Kier alpha value is 0.480. The average Bonchev–Trinajstić information content (AvgIpc) is 2.22. The Balaban J connectivity index is 2.98. The van der Waals surface area contributed by atoms with Crippen LogP contribution in [0.15, 0.2) is 0 Å². The van der Waals surface area contributed by atoms with Crippen molar-refractivity contribution < 1.29 is 0 Å². The fourth-order valence-corrected chi connectivity index (χ4v) is 2.74. The summed E-state index contributed by atoms with van der Waals surface area (Å²) in [5.41, 5.74) is 0. The van der Waals surface area contributed by atoms with E-state index in [-0.39, 0.29) is 0 Å². The van der Waals surface area contributed by atoms with Gasteiger partial charge in [-0.1, -0.05) is 87.6 Å². The molecule has 0 fully saturated rings. The van der Waals surface area contributed by atoms with E-state index in [9.17, 15) is 0 Å². The summed E-state index contributed by atoms with van der Waals surface area (Å²) in [5, 5.41) is 1.17. The van der Waals surface area contributed by atoms with Gasteiger partial charge in [-0.15, -0.1) is 0 Å². The molecule has 1 heteroatoms. The fourth-order valence-electron chi connectivity index (χ4n) is 1.96. The van der Waals surface area contributed by atoms with Crippen LogP contribution in [-0.4, -0.2) is 5.33 Å². The number of halogens is 1. The zero-order valence-corrected chi connectivity index (χ0v) is 12.3. The molecule has 0 saturated carbocycles. The molecule has 0 aromatic rings. The van der Waals surface area contributed by atoms with Gasteiger partial charge >= 0.3 is 0 Å². The zero-order valence-electron chi connectivity index (χ0n) is 10.7. The van der Waals surface area contributed by atoms with E-state index in [2.05, 4.69) is 29.8 Å². The van der Waals surface area contributed by atoms with Gasteiger partial charge in [0.15, 0.2) is 0 Å². The molecule has 1 atom stereocenters. The third-order valence-electron chi connectivity index (χ3n) is 3.15. The average molecular weight is 277 g/mol. The first-order chi connectivity index (χ1) is 7.31.